The van der Waals surface area contributed by atoms with Crippen LogP contribution in [0.1, 0.15) is 16.8 Å². The van der Waals surface area contributed by atoms with Crippen molar-refractivity contribution in [1.29, 1.82) is 0 Å². The highest BCUT2D eigenvalue weighted by Gasteiger charge is 2.30. The van der Waals surface area contributed by atoms with E-state index < -0.39 is 6.04 Å². The van der Waals surface area contributed by atoms with E-state index >= 15 is 0 Å². The number of hydrogen-bond donors (Lipinski definition) is 0. The first-order valence-electron chi connectivity index (χ1n) is 8.86. The highest BCUT2D eigenvalue weighted by molar-refractivity contribution is 8.14. The average molecular weight is 396 g/mol. The lowest BCUT2D eigenvalue weighted by Gasteiger charge is -2.14. The van der Waals surface area contributed by atoms with Gasteiger partial charge in [0.25, 0.3) is 0 Å². The number of thioether (sulfide) groups is 1. The van der Waals surface area contributed by atoms with E-state index in [4.69, 9.17) is 14.2 Å². The molecule has 0 fully saturated rings. The molecule has 2 aliphatic heterocycles. The summed E-state index contributed by atoms with van der Waals surface area (Å²) in [6.07, 6.45) is 9.04. The van der Waals surface area contributed by atoms with Crippen molar-refractivity contribution in [2.45, 2.75) is 12.5 Å². The molecule has 28 heavy (non-hydrogen) atoms. The van der Waals surface area contributed by atoms with E-state index in [1.165, 1.54) is 21.3 Å². The number of carbonyl (C=O) groups is 1. The minimum atomic E-state index is -0.460. The second-order valence-corrected chi connectivity index (χ2v) is 7.39. The molecule has 7 heteroatoms. The molecule has 1 atom stereocenters. The van der Waals surface area contributed by atoms with Crippen LogP contribution in [0.15, 0.2) is 57.7 Å². The van der Waals surface area contributed by atoms with Crippen LogP contribution >= 0.6 is 11.8 Å². The predicted octanol–water partition coefficient (Wildman–Crippen LogP) is 3.63. The van der Waals surface area contributed by atoms with Gasteiger partial charge in [-0.15, -0.1) is 11.8 Å². The number of benzene rings is 1. The van der Waals surface area contributed by atoms with Gasteiger partial charge in [-0.25, -0.2) is 4.99 Å². The molecule has 6 nitrogen and oxygen atoms in total. The van der Waals surface area contributed by atoms with Crippen LogP contribution in [0.25, 0.3) is 0 Å². The Morgan fingerprint density at radius 3 is 2.54 bits per heavy atom. The molecule has 0 amide bonds. The zero-order chi connectivity index (χ0) is 19.7. The molecule has 0 spiro atoms. The quantitative estimate of drug-likeness (QED) is 0.687. The standard InChI is InChI=1S/C21H20N2O4S/c1-25-17-9-13(10-18(26-2)20(17)27-3)19(24)16-11-28-21(23-16)15-8-12-6-4-5-7-14(12)22-15/h4-6,8-10,16H,7,11H2,1-3H3. The van der Waals surface area contributed by atoms with E-state index in [1.54, 1.807) is 23.9 Å². The van der Waals surface area contributed by atoms with Crippen molar-refractivity contribution in [1.82, 2.24) is 0 Å². The molecule has 1 unspecified atom stereocenters. The molecule has 0 radical (unpaired) electrons. The first kappa shape index (κ1) is 18.6. The number of aliphatic imine (C=N–C) groups is 2. The summed E-state index contributed by atoms with van der Waals surface area (Å²) in [5.41, 5.74) is 3.51. The zero-order valence-electron chi connectivity index (χ0n) is 15.9. The Bertz CT molecular complexity index is 963. The van der Waals surface area contributed by atoms with Gasteiger partial charge in [-0.05, 0) is 23.8 Å². The van der Waals surface area contributed by atoms with Gasteiger partial charge in [0.15, 0.2) is 17.3 Å². The summed E-state index contributed by atoms with van der Waals surface area (Å²) in [4.78, 5) is 22.4. The molecule has 4 rings (SSSR count). The Balaban J connectivity index is 1.59. The molecule has 0 saturated carbocycles. The fourth-order valence-electron chi connectivity index (χ4n) is 3.31. The van der Waals surface area contributed by atoms with Crippen LogP contribution in [0.3, 0.4) is 0 Å². The largest absolute Gasteiger partial charge is 0.493 e. The van der Waals surface area contributed by atoms with Crippen molar-refractivity contribution < 1.29 is 19.0 Å². The van der Waals surface area contributed by atoms with Gasteiger partial charge in [0.1, 0.15) is 11.1 Å². The lowest BCUT2D eigenvalue weighted by molar-refractivity contribution is 0.0971. The number of ketones is 1. The van der Waals surface area contributed by atoms with Crippen molar-refractivity contribution >= 4 is 28.3 Å². The highest BCUT2D eigenvalue weighted by atomic mass is 32.2. The number of fused-ring (bicyclic) bond motifs is 1. The maximum Gasteiger partial charge on any atom is 0.203 e. The van der Waals surface area contributed by atoms with Crippen molar-refractivity contribution in [3.63, 3.8) is 0 Å². The lowest BCUT2D eigenvalue weighted by Crippen LogP contribution is -2.19. The summed E-state index contributed by atoms with van der Waals surface area (Å²) in [6.45, 7) is 0. The Morgan fingerprint density at radius 2 is 1.89 bits per heavy atom. The Labute approximate surface area is 167 Å². The van der Waals surface area contributed by atoms with E-state index in [2.05, 4.69) is 16.1 Å². The minimum Gasteiger partial charge on any atom is -0.493 e. The third kappa shape index (κ3) is 3.26. The van der Waals surface area contributed by atoms with Gasteiger partial charge < -0.3 is 14.2 Å². The van der Waals surface area contributed by atoms with Crippen LogP contribution in [0.4, 0.5) is 0 Å². The molecule has 0 N–H and O–H groups in total. The maximum atomic E-state index is 13.0. The molecular weight excluding hydrogens is 376 g/mol. The van der Waals surface area contributed by atoms with Crippen LogP contribution in [0, 0.1) is 0 Å². The van der Waals surface area contributed by atoms with Crippen molar-refractivity contribution in [3.05, 3.63) is 53.3 Å². The number of rotatable bonds is 6. The molecule has 1 aromatic carbocycles. The van der Waals surface area contributed by atoms with Gasteiger partial charge in [0, 0.05) is 17.7 Å². The number of carbonyl (C=O) groups excluding carboxylic acids is 1. The SMILES string of the molecule is COc1cc(C(=O)C2CSC(C3=CC4=CC=CCC4=N3)=N2)cc(OC)c1OC. The molecule has 0 saturated heterocycles. The van der Waals surface area contributed by atoms with Crippen LogP contribution < -0.4 is 14.2 Å². The van der Waals surface area contributed by atoms with Gasteiger partial charge in [-0.2, -0.15) is 0 Å². The summed E-state index contributed by atoms with van der Waals surface area (Å²) in [5.74, 6) is 1.88. The first-order chi connectivity index (χ1) is 13.6. The summed E-state index contributed by atoms with van der Waals surface area (Å²) < 4.78 is 16.0. The molecule has 0 aromatic heterocycles. The molecule has 2 heterocycles. The van der Waals surface area contributed by atoms with E-state index in [9.17, 15) is 4.79 Å². The second-order valence-electron chi connectivity index (χ2n) is 6.38. The second kappa shape index (κ2) is 7.67. The predicted molar refractivity (Wildman–Crippen MR) is 111 cm³/mol. The van der Waals surface area contributed by atoms with Crippen LogP contribution in [0.2, 0.25) is 0 Å². The number of ether oxygens (including phenoxy) is 3. The summed E-state index contributed by atoms with van der Waals surface area (Å²) in [5, 5.41) is 0.814. The monoisotopic (exact) mass is 396 g/mol. The van der Waals surface area contributed by atoms with Crippen LogP contribution in [0.5, 0.6) is 17.2 Å². The van der Waals surface area contributed by atoms with E-state index in [0.717, 1.165) is 28.4 Å². The summed E-state index contributed by atoms with van der Waals surface area (Å²) in [7, 11) is 4.59. The van der Waals surface area contributed by atoms with Crippen LogP contribution in [-0.4, -0.2) is 49.7 Å². The van der Waals surface area contributed by atoms with Gasteiger partial charge in [-0.1, -0.05) is 18.2 Å². The van der Waals surface area contributed by atoms with E-state index in [-0.39, 0.29) is 5.78 Å². The highest BCUT2D eigenvalue weighted by Crippen LogP contribution is 2.39. The van der Waals surface area contributed by atoms with Gasteiger partial charge >= 0.3 is 0 Å². The average Bonchev–Trinajstić information content (AvgIpc) is 3.38. The molecule has 144 valence electrons. The Hall–Kier alpha value is -2.80. The minimum absolute atomic E-state index is 0.0775. The number of hydrogen-bond acceptors (Lipinski definition) is 7. The van der Waals surface area contributed by atoms with Crippen molar-refractivity contribution in [3.8, 4) is 17.2 Å². The third-order valence-electron chi connectivity index (χ3n) is 4.73. The molecule has 0 bridgehead atoms. The van der Waals surface area contributed by atoms with Gasteiger partial charge in [-0.3, -0.25) is 9.79 Å². The Kier molecular flexibility index (Phi) is 5.09. The van der Waals surface area contributed by atoms with Crippen molar-refractivity contribution in [2.75, 3.05) is 27.1 Å². The maximum absolute atomic E-state index is 13.0. The number of Topliss-reactive ketones (excluding diaryl/α,β-unsaturated/α-hetero) is 1. The van der Waals surface area contributed by atoms with Crippen molar-refractivity contribution in [2.24, 2.45) is 9.98 Å². The fraction of sp³-hybridized carbons (Fsp3) is 0.286. The zero-order valence-corrected chi connectivity index (χ0v) is 16.7. The summed E-state index contributed by atoms with van der Waals surface area (Å²) in [6, 6.07) is 2.88. The molecule has 1 aromatic rings. The van der Waals surface area contributed by atoms with E-state index in [0.29, 0.717) is 28.6 Å². The number of nitrogens with zero attached hydrogens (tertiary/aromatic N) is 2. The summed E-state index contributed by atoms with van der Waals surface area (Å²) >= 11 is 1.56. The molecule has 1 aliphatic carbocycles. The van der Waals surface area contributed by atoms with Crippen LogP contribution in [-0.2, 0) is 0 Å². The lowest BCUT2D eigenvalue weighted by atomic mass is 10.0. The topological polar surface area (TPSA) is 69.5 Å². The van der Waals surface area contributed by atoms with E-state index in [1.807, 2.05) is 18.2 Å². The number of methoxy groups -OCH3 is 3. The Morgan fingerprint density at radius 1 is 1.14 bits per heavy atom. The smallest absolute Gasteiger partial charge is 0.203 e. The van der Waals surface area contributed by atoms with Gasteiger partial charge in [0.05, 0.1) is 32.7 Å². The first-order valence-corrected chi connectivity index (χ1v) is 9.84. The van der Waals surface area contributed by atoms with Gasteiger partial charge in [0.2, 0.25) is 5.75 Å². The molecular formula is C21H20N2O4S. The third-order valence-corrected chi connectivity index (χ3v) is 5.80. The number of allylic oxidation sites excluding steroid dienone is 5. The molecule has 3 aliphatic rings. The normalized spacial score (nSPS) is 20.0. The fourth-order valence-corrected chi connectivity index (χ4v) is 4.30.